The number of nitrogens with zero attached hydrogens (tertiary/aromatic N) is 5. The second kappa shape index (κ2) is 15.4. The predicted octanol–water partition coefficient (Wildman–Crippen LogP) is 9.84. The molecule has 1 saturated heterocycles. The third-order valence-corrected chi connectivity index (χ3v) is 9.53. The maximum absolute atomic E-state index is 13.0. The minimum Gasteiger partial charge on any atom is -0.406 e. The van der Waals surface area contributed by atoms with Crippen LogP contribution in [-0.2, 0) is 4.79 Å². The molecule has 1 aliphatic rings. The van der Waals surface area contributed by atoms with Crippen molar-refractivity contribution in [2.45, 2.75) is 91.0 Å². The maximum atomic E-state index is 13.0. The first-order chi connectivity index (χ1) is 22.9. The van der Waals surface area contributed by atoms with Gasteiger partial charge in [0.25, 0.3) is 0 Å². The van der Waals surface area contributed by atoms with Crippen LogP contribution in [0.1, 0.15) is 88.3 Å². The molecule has 0 saturated carbocycles. The van der Waals surface area contributed by atoms with Gasteiger partial charge in [-0.2, -0.15) is 4.99 Å². The Morgan fingerprint density at radius 1 is 1.04 bits per heavy atom. The third-order valence-electron chi connectivity index (χ3n) is 8.54. The van der Waals surface area contributed by atoms with Crippen LogP contribution in [0.5, 0.6) is 5.75 Å². The normalized spacial score (nSPS) is 16.8. The van der Waals surface area contributed by atoms with Gasteiger partial charge in [-0.1, -0.05) is 75.4 Å². The van der Waals surface area contributed by atoms with Crippen molar-refractivity contribution in [2.24, 2.45) is 4.99 Å². The summed E-state index contributed by atoms with van der Waals surface area (Å²) in [6.45, 7) is 10.9. The Hall–Kier alpha value is -4.12. The van der Waals surface area contributed by atoms with Crippen molar-refractivity contribution in [2.75, 3.05) is 10.7 Å². The maximum Gasteiger partial charge on any atom is 0.573 e. The minimum absolute atomic E-state index is 0.0649. The smallest absolute Gasteiger partial charge is 0.406 e. The molecule has 7 nitrogen and oxygen atoms in total. The van der Waals surface area contributed by atoms with E-state index in [0.717, 1.165) is 47.9 Å². The number of rotatable bonds is 11. The zero-order chi connectivity index (χ0) is 34.4. The molecule has 1 amide bonds. The second-order valence-corrected chi connectivity index (χ2v) is 13.7. The first-order valence-electron chi connectivity index (χ1n) is 16.4. The van der Waals surface area contributed by atoms with E-state index < -0.39 is 6.36 Å². The molecule has 2 unspecified atom stereocenters. The van der Waals surface area contributed by atoms with Crippen LogP contribution in [-0.4, -0.2) is 44.0 Å². The van der Waals surface area contributed by atoms with Crippen molar-refractivity contribution in [1.29, 1.82) is 0 Å². The average molecular weight is 678 g/mol. The molecule has 5 rings (SSSR count). The molecule has 1 fully saturated rings. The number of carbonyl (C=O) groups excluding carboxylic acids is 1. The van der Waals surface area contributed by atoms with E-state index in [2.05, 4.69) is 89.7 Å². The average Bonchev–Trinajstić information content (AvgIpc) is 3.53. The zero-order valence-corrected chi connectivity index (χ0v) is 28.8. The van der Waals surface area contributed by atoms with Gasteiger partial charge >= 0.3 is 6.36 Å². The van der Waals surface area contributed by atoms with Crippen LogP contribution in [0.4, 0.5) is 18.9 Å². The van der Waals surface area contributed by atoms with Crippen LogP contribution in [0, 0.1) is 6.92 Å². The third kappa shape index (κ3) is 9.06. The molecule has 1 aliphatic heterocycles. The summed E-state index contributed by atoms with van der Waals surface area (Å²) in [6, 6.07) is 20.4. The van der Waals surface area contributed by atoms with Crippen LogP contribution in [0.15, 0.2) is 78.0 Å². The quantitative estimate of drug-likeness (QED) is 0.147. The van der Waals surface area contributed by atoms with E-state index in [9.17, 15) is 18.0 Å². The van der Waals surface area contributed by atoms with Crippen LogP contribution < -0.4 is 9.64 Å². The number of amidine groups is 1. The minimum atomic E-state index is -4.74. The van der Waals surface area contributed by atoms with Crippen LogP contribution in [0.25, 0.3) is 17.1 Å². The predicted molar refractivity (Wildman–Crippen MR) is 187 cm³/mol. The molecular formula is C37H42F3N5O2S. The number of unbranched alkanes of at least 4 members (excludes halogenated alkanes) is 1. The van der Waals surface area contributed by atoms with Crippen molar-refractivity contribution in [3.63, 3.8) is 0 Å². The highest BCUT2D eigenvalue weighted by Crippen LogP contribution is 2.36. The Kier molecular flexibility index (Phi) is 11.3. The van der Waals surface area contributed by atoms with Gasteiger partial charge in [0.1, 0.15) is 12.1 Å². The van der Waals surface area contributed by atoms with E-state index >= 15 is 0 Å². The number of aryl methyl sites for hydroxylation is 1. The molecule has 2 atom stereocenters. The number of aromatic nitrogens is 3. The van der Waals surface area contributed by atoms with Crippen LogP contribution in [0.2, 0.25) is 0 Å². The van der Waals surface area contributed by atoms with E-state index in [1.165, 1.54) is 52.0 Å². The molecule has 11 heteroatoms. The van der Waals surface area contributed by atoms with E-state index in [1.54, 1.807) is 11.8 Å². The molecule has 0 bridgehead atoms. The number of hydrogen-bond donors (Lipinski definition) is 0. The lowest BCUT2D eigenvalue weighted by Crippen LogP contribution is -2.42. The number of alkyl halides is 3. The SMILES string of the molecule is Cc1ccc(C(C)C)c(N2C(=NC(=O)CCCCC(C)c3ccc(-c4ncn(-c5ccc(OC(F)(F)F)cc5)n4)cc3)SCCC2C)c1. The number of hydrogen-bond acceptors (Lipinski definition) is 5. The fourth-order valence-electron chi connectivity index (χ4n) is 5.82. The van der Waals surface area contributed by atoms with Crippen molar-refractivity contribution < 1.29 is 22.7 Å². The summed E-state index contributed by atoms with van der Waals surface area (Å²) in [5.74, 6) is 1.79. The number of benzene rings is 3. The number of halogens is 3. The van der Waals surface area contributed by atoms with E-state index in [0.29, 0.717) is 29.8 Å². The first kappa shape index (κ1) is 35.2. The van der Waals surface area contributed by atoms with Gasteiger partial charge in [-0.15, -0.1) is 18.3 Å². The van der Waals surface area contributed by atoms with Gasteiger partial charge in [0.05, 0.1) is 5.69 Å². The van der Waals surface area contributed by atoms with Crippen molar-refractivity contribution >= 4 is 28.5 Å². The summed E-state index contributed by atoms with van der Waals surface area (Å²) >= 11 is 1.67. The van der Waals surface area contributed by atoms with Crippen LogP contribution >= 0.6 is 11.8 Å². The fraction of sp³-hybridized carbons (Fsp3) is 0.405. The molecule has 3 aromatic carbocycles. The Morgan fingerprint density at radius 3 is 2.46 bits per heavy atom. The summed E-state index contributed by atoms with van der Waals surface area (Å²) in [7, 11) is 0. The number of carbonyl (C=O) groups is 1. The molecule has 2 heterocycles. The van der Waals surface area contributed by atoms with E-state index in [1.807, 2.05) is 12.1 Å². The first-order valence-corrected chi connectivity index (χ1v) is 17.4. The topological polar surface area (TPSA) is 72.6 Å². The molecule has 0 N–H and O–H groups in total. The van der Waals surface area contributed by atoms with Gasteiger partial charge < -0.3 is 9.64 Å². The van der Waals surface area contributed by atoms with E-state index in [4.69, 9.17) is 0 Å². The lowest BCUT2D eigenvalue weighted by atomic mass is 9.94. The Morgan fingerprint density at radius 2 is 1.77 bits per heavy atom. The van der Waals surface area contributed by atoms with Gasteiger partial charge in [0.2, 0.25) is 5.91 Å². The number of aliphatic imine (C=N–C) groups is 1. The van der Waals surface area contributed by atoms with Gasteiger partial charge in [-0.05, 0) is 92.0 Å². The molecule has 254 valence electrons. The van der Waals surface area contributed by atoms with Crippen molar-refractivity contribution in [3.05, 3.63) is 89.7 Å². The summed E-state index contributed by atoms with van der Waals surface area (Å²) in [4.78, 5) is 24.3. The Balaban J connectivity index is 1.13. The molecule has 48 heavy (non-hydrogen) atoms. The number of thioether (sulfide) groups is 1. The Labute approximate surface area is 284 Å². The number of ether oxygens (including phenoxy) is 1. The van der Waals surface area contributed by atoms with E-state index in [-0.39, 0.29) is 17.7 Å². The highest BCUT2D eigenvalue weighted by atomic mass is 32.2. The highest BCUT2D eigenvalue weighted by Gasteiger charge is 2.31. The van der Waals surface area contributed by atoms with Crippen LogP contribution in [0.3, 0.4) is 0 Å². The summed E-state index contributed by atoms with van der Waals surface area (Å²) < 4.78 is 42.8. The Bertz CT molecular complexity index is 1720. The monoisotopic (exact) mass is 677 g/mol. The van der Waals surface area contributed by atoms with Gasteiger partial charge in [-0.3, -0.25) is 4.79 Å². The van der Waals surface area contributed by atoms with Gasteiger partial charge in [-0.25, -0.2) is 9.67 Å². The van der Waals surface area contributed by atoms with Gasteiger partial charge in [0.15, 0.2) is 11.0 Å². The highest BCUT2D eigenvalue weighted by molar-refractivity contribution is 8.14. The summed E-state index contributed by atoms with van der Waals surface area (Å²) in [6.07, 6.45) is 0.900. The molecule has 0 spiro atoms. The molecule has 1 aromatic heterocycles. The molecule has 4 aromatic rings. The molecule has 0 aliphatic carbocycles. The number of amides is 1. The summed E-state index contributed by atoms with van der Waals surface area (Å²) in [5, 5.41) is 5.30. The fourth-order valence-corrected chi connectivity index (χ4v) is 7.05. The zero-order valence-electron chi connectivity index (χ0n) is 28.0. The van der Waals surface area contributed by atoms with Gasteiger partial charge in [0, 0.05) is 29.5 Å². The standard InChI is InChI=1S/C37H42F3N5O2S/c1-24(2)32-19-10-25(3)22-33(32)45-27(5)20-21-48-36(45)42-34(46)9-7-6-8-26(4)28-11-13-29(14-12-28)35-41-23-44(43-35)30-15-17-31(18-16-30)47-37(38,39)40/h10-19,22-24,26-27H,6-9,20-21H2,1-5H3. The van der Waals surface area contributed by atoms with Crippen molar-refractivity contribution in [3.8, 4) is 22.8 Å². The summed E-state index contributed by atoms with van der Waals surface area (Å²) in [5.41, 5.74) is 6.22. The lowest BCUT2D eigenvalue weighted by Gasteiger charge is -2.37. The van der Waals surface area contributed by atoms with Crippen molar-refractivity contribution in [1.82, 2.24) is 14.8 Å². The largest absolute Gasteiger partial charge is 0.573 e. The second-order valence-electron chi connectivity index (χ2n) is 12.7. The number of anilines is 1. The lowest BCUT2D eigenvalue weighted by molar-refractivity contribution is -0.274. The molecular weight excluding hydrogens is 636 g/mol. The molecule has 0 radical (unpaired) electrons.